The Hall–Kier alpha value is -0.770. The van der Waals surface area contributed by atoms with Crippen LogP contribution in [0.5, 0.6) is 0 Å². The van der Waals surface area contributed by atoms with Gasteiger partial charge in [0.05, 0.1) is 0 Å². The maximum atomic E-state index is 5.66. The van der Waals surface area contributed by atoms with E-state index in [9.17, 15) is 0 Å². The quantitative estimate of drug-likeness (QED) is 0.505. The second-order valence-electron chi connectivity index (χ2n) is 4.03. The number of likely N-dealkylation sites (tertiary alicyclic amines) is 1. The van der Waals surface area contributed by atoms with E-state index in [2.05, 4.69) is 22.3 Å². The van der Waals surface area contributed by atoms with Gasteiger partial charge in [0.1, 0.15) is 0 Å². The Morgan fingerprint density at radius 1 is 1.64 bits per heavy atom. The van der Waals surface area contributed by atoms with Crippen LogP contribution in [-0.2, 0) is 0 Å². The third-order valence-corrected chi connectivity index (χ3v) is 2.60. The minimum absolute atomic E-state index is 0.584. The zero-order chi connectivity index (χ0) is 10.4. The summed E-state index contributed by atoms with van der Waals surface area (Å²) in [6.07, 6.45) is 2.57. The van der Waals surface area contributed by atoms with E-state index in [4.69, 9.17) is 5.73 Å². The normalized spacial score (nSPS) is 25.0. The van der Waals surface area contributed by atoms with Gasteiger partial charge in [0.2, 0.25) is 0 Å². The molecule has 1 aliphatic rings. The van der Waals surface area contributed by atoms with Crippen molar-refractivity contribution in [3.05, 3.63) is 0 Å². The fourth-order valence-electron chi connectivity index (χ4n) is 1.89. The summed E-state index contributed by atoms with van der Waals surface area (Å²) in [5, 5.41) is 3.01. The van der Waals surface area contributed by atoms with Crippen molar-refractivity contribution in [2.75, 3.05) is 33.2 Å². The van der Waals surface area contributed by atoms with Gasteiger partial charge in [-0.1, -0.05) is 0 Å². The third-order valence-electron chi connectivity index (χ3n) is 2.60. The molecule has 1 saturated heterocycles. The standard InChI is InChI=1S/C10H22N4/c1-3-12-10(11)13-7-9-5-4-6-14(2)8-9/h9H,3-8H2,1-2H3,(H3,11,12,13). The van der Waals surface area contributed by atoms with Crippen LogP contribution in [0.3, 0.4) is 0 Å². The van der Waals surface area contributed by atoms with E-state index in [0.29, 0.717) is 11.9 Å². The van der Waals surface area contributed by atoms with E-state index >= 15 is 0 Å². The third kappa shape index (κ3) is 3.96. The molecule has 0 saturated carbocycles. The van der Waals surface area contributed by atoms with Crippen LogP contribution in [0.4, 0.5) is 0 Å². The van der Waals surface area contributed by atoms with E-state index in [1.807, 2.05) is 6.92 Å². The van der Waals surface area contributed by atoms with Gasteiger partial charge in [-0.05, 0) is 39.3 Å². The lowest BCUT2D eigenvalue weighted by atomic mass is 9.99. The van der Waals surface area contributed by atoms with Gasteiger partial charge in [0.25, 0.3) is 0 Å². The molecule has 14 heavy (non-hydrogen) atoms. The Labute approximate surface area is 86.6 Å². The van der Waals surface area contributed by atoms with E-state index in [-0.39, 0.29) is 0 Å². The largest absolute Gasteiger partial charge is 0.370 e. The number of nitrogens with two attached hydrogens (primary N) is 1. The van der Waals surface area contributed by atoms with Gasteiger partial charge in [-0.3, -0.25) is 4.99 Å². The van der Waals surface area contributed by atoms with Gasteiger partial charge in [0, 0.05) is 19.6 Å². The van der Waals surface area contributed by atoms with Crippen molar-refractivity contribution in [2.24, 2.45) is 16.6 Å². The number of rotatable bonds is 3. The van der Waals surface area contributed by atoms with Crippen LogP contribution in [0.15, 0.2) is 4.99 Å². The highest BCUT2D eigenvalue weighted by atomic mass is 15.1. The fraction of sp³-hybridized carbons (Fsp3) is 0.900. The van der Waals surface area contributed by atoms with Crippen LogP contribution in [-0.4, -0.2) is 44.1 Å². The summed E-state index contributed by atoms with van der Waals surface area (Å²) in [6, 6.07) is 0. The van der Waals surface area contributed by atoms with Crippen molar-refractivity contribution in [1.82, 2.24) is 10.2 Å². The lowest BCUT2D eigenvalue weighted by Crippen LogP contribution is -2.35. The predicted octanol–water partition coefficient (Wildman–Crippen LogP) is 0.252. The molecule has 1 unspecified atom stereocenters. The van der Waals surface area contributed by atoms with Crippen LogP contribution >= 0.6 is 0 Å². The molecule has 1 rings (SSSR count). The molecule has 82 valence electrons. The van der Waals surface area contributed by atoms with Crippen molar-refractivity contribution in [2.45, 2.75) is 19.8 Å². The lowest BCUT2D eigenvalue weighted by molar-refractivity contribution is 0.214. The van der Waals surface area contributed by atoms with Crippen molar-refractivity contribution in [3.63, 3.8) is 0 Å². The van der Waals surface area contributed by atoms with Crippen LogP contribution in [0.25, 0.3) is 0 Å². The number of guanidine groups is 1. The Kier molecular flexibility index (Phi) is 4.73. The van der Waals surface area contributed by atoms with Crippen molar-refractivity contribution in [3.8, 4) is 0 Å². The Morgan fingerprint density at radius 3 is 3.07 bits per heavy atom. The van der Waals surface area contributed by atoms with Crippen LogP contribution in [0, 0.1) is 5.92 Å². The first-order chi connectivity index (χ1) is 6.72. The average molecular weight is 198 g/mol. The minimum atomic E-state index is 0.584. The monoisotopic (exact) mass is 198 g/mol. The summed E-state index contributed by atoms with van der Waals surface area (Å²) in [5.41, 5.74) is 5.66. The van der Waals surface area contributed by atoms with Crippen molar-refractivity contribution < 1.29 is 0 Å². The van der Waals surface area contributed by atoms with E-state index < -0.39 is 0 Å². The molecular weight excluding hydrogens is 176 g/mol. The topological polar surface area (TPSA) is 53.6 Å². The highest BCUT2D eigenvalue weighted by Gasteiger charge is 2.16. The average Bonchev–Trinajstić information content (AvgIpc) is 2.15. The number of hydrogen-bond acceptors (Lipinski definition) is 2. The number of hydrogen-bond donors (Lipinski definition) is 2. The van der Waals surface area contributed by atoms with Gasteiger partial charge in [0.15, 0.2) is 5.96 Å². The predicted molar refractivity (Wildman–Crippen MR) is 60.4 cm³/mol. The highest BCUT2D eigenvalue weighted by Crippen LogP contribution is 2.14. The summed E-state index contributed by atoms with van der Waals surface area (Å²) in [6.45, 7) is 6.12. The number of nitrogens with one attached hydrogen (secondary N) is 1. The van der Waals surface area contributed by atoms with Crippen LogP contribution < -0.4 is 11.1 Å². The summed E-state index contributed by atoms with van der Waals surface area (Å²) in [7, 11) is 2.17. The Balaban J connectivity index is 2.26. The van der Waals surface area contributed by atoms with Crippen LogP contribution in [0.2, 0.25) is 0 Å². The first-order valence-corrected chi connectivity index (χ1v) is 5.44. The molecule has 1 atom stereocenters. The molecule has 1 heterocycles. The van der Waals surface area contributed by atoms with Gasteiger partial charge in [-0.2, -0.15) is 0 Å². The molecular formula is C10H22N4. The van der Waals surface area contributed by atoms with E-state index in [0.717, 1.165) is 19.6 Å². The van der Waals surface area contributed by atoms with E-state index in [1.54, 1.807) is 0 Å². The molecule has 0 aromatic rings. The number of nitrogens with zero attached hydrogens (tertiary/aromatic N) is 2. The maximum Gasteiger partial charge on any atom is 0.188 e. The molecule has 0 radical (unpaired) electrons. The molecule has 0 aromatic carbocycles. The molecule has 3 N–H and O–H groups in total. The number of aliphatic imine (C=N–C) groups is 1. The summed E-state index contributed by atoms with van der Waals surface area (Å²) >= 11 is 0. The zero-order valence-corrected chi connectivity index (χ0v) is 9.29. The smallest absolute Gasteiger partial charge is 0.188 e. The first-order valence-electron chi connectivity index (χ1n) is 5.44. The minimum Gasteiger partial charge on any atom is -0.370 e. The lowest BCUT2D eigenvalue weighted by Gasteiger charge is -2.28. The van der Waals surface area contributed by atoms with Gasteiger partial charge < -0.3 is 16.0 Å². The van der Waals surface area contributed by atoms with Gasteiger partial charge in [-0.25, -0.2) is 0 Å². The summed E-state index contributed by atoms with van der Waals surface area (Å²) < 4.78 is 0. The zero-order valence-electron chi connectivity index (χ0n) is 9.29. The first kappa shape index (κ1) is 11.3. The molecule has 4 heteroatoms. The van der Waals surface area contributed by atoms with Gasteiger partial charge in [-0.15, -0.1) is 0 Å². The second kappa shape index (κ2) is 5.86. The molecule has 0 aliphatic carbocycles. The highest BCUT2D eigenvalue weighted by molar-refractivity contribution is 5.77. The molecule has 1 fully saturated rings. The van der Waals surface area contributed by atoms with E-state index in [1.165, 1.54) is 19.4 Å². The summed E-state index contributed by atoms with van der Waals surface area (Å²) in [4.78, 5) is 6.70. The van der Waals surface area contributed by atoms with Crippen molar-refractivity contribution >= 4 is 5.96 Å². The SMILES string of the molecule is CCNC(N)=NCC1CCCN(C)C1. The molecule has 0 spiro atoms. The Bertz CT molecular complexity index is 191. The fourth-order valence-corrected chi connectivity index (χ4v) is 1.89. The Morgan fingerprint density at radius 2 is 2.43 bits per heavy atom. The molecule has 0 bridgehead atoms. The second-order valence-corrected chi connectivity index (χ2v) is 4.03. The maximum absolute atomic E-state index is 5.66. The summed E-state index contributed by atoms with van der Waals surface area (Å²) in [5.74, 6) is 1.27. The molecule has 1 aliphatic heterocycles. The van der Waals surface area contributed by atoms with Crippen LogP contribution in [0.1, 0.15) is 19.8 Å². The van der Waals surface area contributed by atoms with Crippen molar-refractivity contribution in [1.29, 1.82) is 0 Å². The molecule has 0 amide bonds. The molecule has 4 nitrogen and oxygen atoms in total. The number of piperidine rings is 1. The van der Waals surface area contributed by atoms with Gasteiger partial charge >= 0.3 is 0 Å². The molecule has 0 aromatic heterocycles.